The number of aromatic nitrogens is 5. The minimum absolute atomic E-state index is 0.155. The second-order valence-corrected chi connectivity index (χ2v) is 6.40. The summed E-state index contributed by atoms with van der Waals surface area (Å²) in [6, 6.07) is 3.96. The van der Waals surface area contributed by atoms with Crippen LogP contribution in [-0.4, -0.2) is 50.2 Å². The molecule has 136 valence electrons. The molecule has 0 aromatic carbocycles. The van der Waals surface area contributed by atoms with Crippen molar-refractivity contribution in [3.63, 3.8) is 0 Å². The van der Waals surface area contributed by atoms with Gasteiger partial charge in [0.25, 0.3) is 11.8 Å². The van der Waals surface area contributed by atoms with E-state index in [9.17, 15) is 0 Å². The molecule has 1 fully saturated rings. The van der Waals surface area contributed by atoms with Crippen LogP contribution in [0, 0.1) is 6.92 Å². The third-order valence-electron chi connectivity index (χ3n) is 3.93. The van der Waals surface area contributed by atoms with E-state index in [4.69, 9.17) is 14.0 Å². The summed E-state index contributed by atoms with van der Waals surface area (Å²) in [6.45, 7) is 5.01. The van der Waals surface area contributed by atoms with Gasteiger partial charge < -0.3 is 18.9 Å². The molecule has 0 bridgehead atoms. The van der Waals surface area contributed by atoms with Crippen molar-refractivity contribution in [3.05, 3.63) is 41.3 Å². The van der Waals surface area contributed by atoms with Crippen molar-refractivity contribution in [1.29, 1.82) is 0 Å². The van der Waals surface area contributed by atoms with E-state index in [-0.39, 0.29) is 6.61 Å². The van der Waals surface area contributed by atoms with E-state index in [0.29, 0.717) is 37.2 Å². The van der Waals surface area contributed by atoms with Crippen LogP contribution in [0.3, 0.4) is 0 Å². The lowest BCUT2D eigenvalue weighted by atomic mass is 10.2. The average Bonchev–Trinajstić information content (AvgIpc) is 3.32. The molecule has 1 aliphatic heterocycles. The number of aryl methyl sites for hydroxylation is 1. The van der Waals surface area contributed by atoms with E-state index < -0.39 is 0 Å². The van der Waals surface area contributed by atoms with Crippen molar-refractivity contribution in [1.82, 2.24) is 23.9 Å². The van der Waals surface area contributed by atoms with Gasteiger partial charge in [-0.3, -0.25) is 4.98 Å². The average molecular weight is 374 g/mol. The molecule has 3 aromatic heterocycles. The lowest BCUT2D eigenvalue weighted by molar-refractivity contribution is 0.122. The van der Waals surface area contributed by atoms with Crippen molar-refractivity contribution in [3.8, 4) is 5.88 Å². The predicted octanol–water partition coefficient (Wildman–Crippen LogP) is 1.63. The lowest BCUT2D eigenvalue weighted by Gasteiger charge is -2.26. The van der Waals surface area contributed by atoms with Crippen molar-refractivity contribution in [2.45, 2.75) is 20.0 Å². The highest BCUT2D eigenvalue weighted by Gasteiger charge is 2.20. The molecule has 0 amide bonds. The Bertz CT molecular complexity index is 844. The molecule has 0 atom stereocenters. The zero-order chi connectivity index (χ0) is 17.8. The minimum atomic E-state index is 0.155. The molecule has 1 saturated heterocycles. The first-order chi connectivity index (χ1) is 12.8. The Labute approximate surface area is 154 Å². The molecule has 0 aliphatic carbocycles. The molecular weight excluding hydrogens is 356 g/mol. The molecule has 0 radical (unpaired) electrons. The van der Waals surface area contributed by atoms with Crippen LogP contribution in [0.15, 0.2) is 22.9 Å². The Morgan fingerprint density at radius 3 is 2.92 bits per heavy atom. The SMILES string of the molecule is Cc1ccc(Cc2noc(COc3nsnc3N3CCOCC3)n2)cn1. The number of hydrogen-bond acceptors (Lipinski definition) is 10. The summed E-state index contributed by atoms with van der Waals surface area (Å²) in [5.74, 6) is 2.23. The summed E-state index contributed by atoms with van der Waals surface area (Å²) in [5.41, 5.74) is 2.01. The van der Waals surface area contributed by atoms with Crippen LogP contribution >= 0.6 is 11.7 Å². The van der Waals surface area contributed by atoms with Crippen LogP contribution in [0.4, 0.5) is 5.82 Å². The Kier molecular flexibility index (Phi) is 5.02. The fourth-order valence-electron chi connectivity index (χ4n) is 2.57. The number of pyridine rings is 1. The lowest BCUT2D eigenvalue weighted by Crippen LogP contribution is -2.36. The maximum atomic E-state index is 5.74. The van der Waals surface area contributed by atoms with Gasteiger partial charge in [-0.15, -0.1) is 4.37 Å². The monoisotopic (exact) mass is 374 g/mol. The fraction of sp³-hybridized carbons (Fsp3) is 0.438. The maximum Gasteiger partial charge on any atom is 0.271 e. The van der Waals surface area contributed by atoms with Gasteiger partial charge in [0.2, 0.25) is 5.82 Å². The summed E-state index contributed by atoms with van der Waals surface area (Å²) in [4.78, 5) is 10.7. The fourth-order valence-corrected chi connectivity index (χ4v) is 3.09. The molecule has 4 rings (SSSR count). The van der Waals surface area contributed by atoms with Crippen LogP contribution in [-0.2, 0) is 17.8 Å². The van der Waals surface area contributed by atoms with Gasteiger partial charge in [0.15, 0.2) is 12.4 Å². The highest BCUT2D eigenvalue weighted by Crippen LogP contribution is 2.26. The minimum Gasteiger partial charge on any atom is -0.464 e. The van der Waals surface area contributed by atoms with Crippen LogP contribution < -0.4 is 9.64 Å². The number of ether oxygens (including phenoxy) is 2. The Morgan fingerprint density at radius 1 is 1.23 bits per heavy atom. The summed E-state index contributed by atoms with van der Waals surface area (Å²) >= 11 is 1.12. The molecule has 9 nitrogen and oxygen atoms in total. The topological polar surface area (TPSA) is 99.3 Å². The van der Waals surface area contributed by atoms with E-state index in [1.54, 1.807) is 0 Å². The van der Waals surface area contributed by atoms with Gasteiger partial charge in [0.05, 0.1) is 24.9 Å². The molecule has 26 heavy (non-hydrogen) atoms. The summed E-state index contributed by atoms with van der Waals surface area (Å²) in [7, 11) is 0. The summed E-state index contributed by atoms with van der Waals surface area (Å²) in [5, 5.41) is 3.99. The van der Waals surface area contributed by atoms with Crippen molar-refractivity contribution in [2.24, 2.45) is 0 Å². The van der Waals surface area contributed by atoms with E-state index in [2.05, 4.69) is 28.8 Å². The molecule has 4 heterocycles. The molecule has 0 N–H and O–H groups in total. The standard InChI is InChI=1S/C16H18N6O3S/c1-11-2-3-12(9-17-11)8-13-18-14(25-19-13)10-24-16-15(20-26-21-16)22-4-6-23-7-5-22/h2-3,9H,4-8,10H2,1H3. The van der Waals surface area contributed by atoms with E-state index in [1.807, 2.05) is 25.3 Å². The number of hydrogen-bond donors (Lipinski definition) is 0. The first-order valence-electron chi connectivity index (χ1n) is 8.29. The number of morpholine rings is 1. The largest absolute Gasteiger partial charge is 0.464 e. The van der Waals surface area contributed by atoms with Crippen molar-refractivity contribution < 1.29 is 14.0 Å². The van der Waals surface area contributed by atoms with E-state index in [0.717, 1.165) is 41.9 Å². The normalized spacial score (nSPS) is 14.6. The van der Waals surface area contributed by atoms with Gasteiger partial charge in [0.1, 0.15) is 0 Å². The van der Waals surface area contributed by atoms with Gasteiger partial charge in [-0.1, -0.05) is 11.2 Å². The molecule has 0 spiro atoms. The molecule has 10 heteroatoms. The zero-order valence-corrected chi connectivity index (χ0v) is 15.1. The molecular formula is C16H18N6O3S. The number of anilines is 1. The smallest absolute Gasteiger partial charge is 0.271 e. The molecule has 3 aromatic rings. The third-order valence-corrected chi connectivity index (χ3v) is 4.43. The predicted molar refractivity (Wildman–Crippen MR) is 93.4 cm³/mol. The van der Waals surface area contributed by atoms with E-state index in [1.165, 1.54) is 0 Å². The third kappa shape index (κ3) is 3.97. The second-order valence-electron chi connectivity index (χ2n) is 5.87. The quantitative estimate of drug-likeness (QED) is 0.637. The van der Waals surface area contributed by atoms with Crippen molar-refractivity contribution >= 4 is 17.5 Å². The summed E-state index contributed by atoms with van der Waals surface area (Å²) in [6.07, 6.45) is 2.38. The maximum absolute atomic E-state index is 5.74. The van der Waals surface area contributed by atoms with Gasteiger partial charge in [0, 0.05) is 31.4 Å². The van der Waals surface area contributed by atoms with Crippen LogP contribution in [0.2, 0.25) is 0 Å². The Morgan fingerprint density at radius 2 is 2.12 bits per heavy atom. The van der Waals surface area contributed by atoms with Gasteiger partial charge in [-0.2, -0.15) is 9.36 Å². The van der Waals surface area contributed by atoms with Crippen LogP contribution in [0.5, 0.6) is 5.88 Å². The highest BCUT2D eigenvalue weighted by atomic mass is 32.1. The highest BCUT2D eigenvalue weighted by molar-refractivity contribution is 6.99. The van der Waals surface area contributed by atoms with Crippen LogP contribution in [0.25, 0.3) is 0 Å². The second kappa shape index (κ2) is 7.75. The Hall–Kier alpha value is -2.59. The first-order valence-corrected chi connectivity index (χ1v) is 9.02. The molecule has 0 unspecified atom stereocenters. The van der Waals surface area contributed by atoms with E-state index >= 15 is 0 Å². The number of nitrogens with zero attached hydrogens (tertiary/aromatic N) is 6. The molecule has 1 aliphatic rings. The van der Waals surface area contributed by atoms with Crippen molar-refractivity contribution in [2.75, 3.05) is 31.2 Å². The van der Waals surface area contributed by atoms with Gasteiger partial charge in [-0.05, 0) is 18.6 Å². The van der Waals surface area contributed by atoms with Gasteiger partial charge >= 0.3 is 0 Å². The summed E-state index contributed by atoms with van der Waals surface area (Å²) < 4.78 is 24.9. The zero-order valence-electron chi connectivity index (χ0n) is 14.3. The Balaban J connectivity index is 1.36. The van der Waals surface area contributed by atoms with Gasteiger partial charge in [-0.25, -0.2) is 0 Å². The molecule has 0 saturated carbocycles. The number of rotatable bonds is 6. The first kappa shape index (κ1) is 16.9. The van der Waals surface area contributed by atoms with Crippen LogP contribution in [0.1, 0.15) is 23.0 Å².